The van der Waals surface area contributed by atoms with E-state index in [-0.39, 0.29) is 30.0 Å². The van der Waals surface area contributed by atoms with E-state index in [1.807, 2.05) is 0 Å². The molecular weight excluding hydrogens is 308 g/mol. The maximum atomic E-state index is 12.2. The summed E-state index contributed by atoms with van der Waals surface area (Å²) in [6, 6.07) is 5.06. The number of carbonyl (C=O) groups excluding carboxylic acids is 2. The van der Waals surface area contributed by atoms with Crippen LogP contribution in [-0.4, -0.2) is 30.1 Å². The third kappa shape index (κ3) is 7.49. The number of hydrogen-bond donors (Lipinski definition) is 1. The number of benzene rings is 1. The number of rotatable bonds is 11. The predicted octanol–water partition coefficient (Wildman–Crippen LogP) is 3.80. The quantitative estimate of drug-likeness (QED) is 0.491. The molecule has 24 heavy (non-hydrogen) atoms. The van der Waals surface area contributed by atoms with Crippen molar-refractivity contribution in [1.29, 1.82) is 0 Å². The van der Waals surface area contributed by atoms with Gasteiger partial charge in [0.15, 0.2) is 11.5 Å². The van der Waals surface area contributed by atoms with Crippen molar-refractivity contribution in [2.45, 2.75) is 64.9 Å². The Morgan fingerprint density at radius 2 is 2.00 bits per heavy atom. The summed E-state index contributed by atoms with van der Waals surface area (Å²) in [5.74, 6) is 0.216. The number of carbonyl (C=O) groups is 2. The molecule has 1 N–H and O–H groups in total. The monoisotopic (exact) mass is 336 g/mol. The van der Waals surface area contributed by atoms with E-state index in [4.69, 9.17) is 9.47 Å². The van der Waals surface area contributed by atoms with Gasteiger partial charge in [-0.1, -0.05) is 25.8 Å². The van der Waals surface area contributed by atoms with Crippen LogP contribution in [0.25, 0.3) is 0 Å². The van der Waals surface area contributed by atoms with E-state index in [0.29, 0.717) is 18.6 Å². The summed E-state index contributed by atoms with van der Waals surface area (Å²) in [6.45, 7) is 3.48. The van der Waals surface area contributed by atoms with Crippen molar-refractivity contribution in [2.75, 3.05) is 7.11 Å². The average Bonchev–Trinajstić information content (AvgIpc) is 2.53. The van der Waals surface area contributed by atoms with Gasteiger partial charge in [-0.3, -0.25) is 9.59 Å². The highest BCUT2D eigenvalue weighted by Crippen LogP contribution is 2.26. The second kappa shape index (κ2) is 10.7. The van der Waals surface area contributed by atoms with Gasteiger partial charge in [0.2, 0.25) is 0 Å². The van der Waals surface area contributed by atoms with Gasteiger partial charge in [-0.15, -0.1) is 0 Å². The minimum atomic E-state index is -0.340. The summed E-state index contributed by atoms with van der Waals surface area (Å²) in [7, 11) is 1.49. The van der Waals surface area contributed by atoms with Gasteiger partial charge in [-0.2, -0.15) is 0 Å². The Hall–Kier alpha value is -2.04. The van der Waals surface area contributed by atoms with Crippen molar-refractivity contribution >= 4 is 11.8 Å². The Labute approximate surface area is 144 Å². The molecular formula is C19H28O5. The van der Waals surface area contributed by atoms with Gasteiger partial charge in [-0.05, 0) is 37.0 Å². The first-order chi connectivity index (χ1) is 11.5. The molecule has 0 aliphatic carbocycles. The summed E-state index contributed by atoms with van der Waals surface area (Å²) < 4.78 is 10.3. The van der Waals surface area contributed by atoms with Crippen molar-refractivity contribution in [2.24, 2.45) is 0 Å². The molecule has 0 amide bonds. The standard InChI is InChI=1S/C19H28O5/c1-4-5-6-7-17(24-14(2)20)13-16(21)10-8-15-9-11-18(22)19(12-15)23-3/h9,11-12,17,22H,4-8,10,13H2,1-3H3. The fourth-order valence-electron chi connectivity index (χ4n) is 2.58. The topological polar surface area (TPSA) is 72.8 Å². The van der Waals surface area contributed by atoms with E-state index >= 15 is 0 Å². The third-order valence-electron chi connectivity index (χ3n) is 3.85. The van der Waals surface area contributed by atoms with Crippen LogP contribution in [0.1, 0.15) is 57.9 Å². The van der Waals surface area contributed by atoms with Gasteiger partial charge in [0.1, 0.15) is 11.9 Å². The Morgan fingerprint density at radius 1 is 1.25 bits per heavy atom. The minimum absolute atomic E-state index is 0.0739. The van der Waals surface area contributed by atoms with Gasteiger partial charge in [0.25, 0.3) is 0 Å². The Morgan fingerprint density at radius 3 is 2.62 bits per heavy atom. The Kier molecular flexibility index (Phi) is 8.90. The largest absolute Gasteiger partial charge is 0.504 e. The summed E-state index contributed by atoms with van der Waals surface area (Å²) in [5, 5.41) is 9.58. The van der Waals surface area contributed by atoms with Crippen molar-refractivity contribution in [3.8, 4) is 11.5 Å². The second-order valence-electron chi connectivity index (χ2n) is 5.98. The van der Waals surface area contributed by atoms with Crippen LogP contribution in [0.4, 0.5) is 0 Å². The van der Waals surface area contributed by atoms with Crippen LogP contribution < -0.4 is 4.74 Å². The SMILES string of the molecule is CCCCCC(CC(=O)CCc1ccc(O)c(OC)c1)OC(C)=O. The first-order valence-corrected chi connectivity index (χ1v) is 8.51. The molecule has 134 valence electrons. The van der Waals surface area contributed by atoms with Gasteiger partial charge in [0.05, 0.1) is 7.11 Å². The lowest BCUT2D eigenvalue weighted by Gasteiger charge is -2.16. The van der Waals surface area contributed by atoms with E-state index < -0.39 is 0 Å². The van der Waals surface area contributed by atoms with Crippen molar-refractivity contribution in [3.05, 3.63) is 23.8 Å². The number of unbranched alkanes of at least 4 members (excludes halogenated alkanes) is 2. The van der Waals surface area contributed by atoms with Crippen LogP contribution in [-0.2, 0) is 20.7 Å². The number of aromatic hydroxyl groups is 1. The molecule has 0 spiro atoms. The molecule has 0 saturated carbocycles. The zero-order valence-corrected chi connectivity index (χ0v) is 14.8. The molecule has 0 aliphatic rings. The fraction of sp³-hybridized carbons (Fsp3) is 0.579. The minimum Gasteiger partial charge on any atom is -0.504 e. The molecule has 1 atom stereocenters. The lowest BCUT2D eigenvalue weighted by Crippen LogP contribution is -2.20. The zero-order chi connectivity index (χ0) is 17.9. The maximum Gasteiger partial charge on any atom is 0.302 e. The highest BCUT2D eigenvalue weighted by Gasteiger charge is 2.16. The van der Waals surface area contributed by atoms with E-state index in [2.05, 4.69) is 6.92 Å². The molecule has 0 heterocycles. The summed E-state index contributed by atoms with van der Waals surface area (Å²) in [4.78, 5) is 23.4. The smallest absolute Gasteiger partial charge is 0.302 e. The number of ketones is 1. The fourth-order valence-corrected chi connectivity index (χ4v) is 2.58. The van der Waals surface area contributed by atoms with Gasteiger partial charge >= 0.3 is 5.97 Å². The van der Waals surface area contributed by atoms with Gasteiger partial charge < -0.3 is 14.6 Å². The predicted molar refractivity (Wildman–Crippen MR) is 92.3 cm³/mol. The Balaban J connectivity index is 2.51. The normalized spacial score (nSPS) is 11.8. The molecule has 0 fully saturated rings. The molecule has 0 saturated heterocycles. The molecule has 5 nitrogen and oxygen atoms in total. The molecule has 5 heteroatoms. The molecule has 1 aromatic carbocycles. The first kappa shape index (κ1) is 20.0. The van der Waals surface area contributed by atoms with Crippen LogP contribution in [0, 0.1) is 0 Å². The van der Waals surface area contributed by atoms with Crippen LogP contribution in [0.5, 0.6) is 11.5 Å². The molecule has 0 aromatic heterocycles. The van der Waals surface area contributed by atoms with E-state index in [9.17, 15) is 14.7 Å². The third-order valence-corrected chi connectivity index (χ3v) is 3.85. The number of esters is 1. The number of phenols is 1. The molecule has 0 bridgehead atoms. The lowest BCUT2D eigenvalue weighted by molar-refractivity contribution is -0.148. The zero-order valence-electron chi connectivity index (χ0n) is 14.8. The first-order valence-electron chi connectivity index (χ1n) is 8.51. The average molecular weight is 336 g/mol. The lowest BCUT2D eigenvalue weighted by atomic mass is 10.0. The van der Waals surface area contributed by atoms with E-state index in [0.717, 1.165) is 31.2 Å². The van der Waals surface area contributed by atoms with Crippen LogP contribution in [0.2, 0.25) is 0 Å². The van der Waals surface area contributed by atoms with Gasteiger partial charge in [-0.25, -0.2) is 0 Å². The van der Waals surface area contributed by atoms with Crippen LogP contribution in [0.3, 0.4) is 0 Å². The van der Waals surface area contributed by atoms with E-state index in [1.54, 1.807) is 18.2 Å². The number of phenolic OH excluding ortho intramolecular Hbond substituents is 1. The molecule has 1 unspecified atom stereocenters. The van der Waals surface area contributed by atoms with E-state index in [1.165, 1.54) is 14.0 Å². The number of methoxy groups -OCH3 is 1. The molecule has 0 radical (unpaired) electrons. The number of aryl methyl sites for hydroxylation is 1. The number of hydrogen-bond acceptors (Lipinski definition) is 5. The maximum absolute atomic E-state index is 12.2. The van der Waals surface area contributed by atoms with Crippen molar-refractivity contribution in [3.63, 3.8) is 0 Å². The summed E-state index contributed by atoms with van der Waals surface area (Å²) in [5.41, 5.74) is 0.924. The summed E-state index contributed by atoms with van der Waals surface area (Å²) in [6.07, 6.45) is 4.72. The van der Waals surface area contributed by atoms with Crippen LogP contribution in [0.15, 0.2) is 18.2 Å². The van der Waals surface area contributed by atoms with Crippen molar-refractivity contribution in [1.82, 2.24) is 0 Å². The van der Waals surface area contributed by atoms with Crippen molar-refractivity contribution < 1.29 is 24.2 Å². The molecule has 0 aliphatic heterocycles. The Bertz CT molecular complexity index is 539. The summed E-state index contributed by atoms with van der Waals surface area (Å²) >= 11 is 0. The molecule has 1 rings (SSSR count). The number of ether oxygens (including phenoxy) is 2. The highest BCUT2D eigenvalue weighted by molar-refractivity contribution is 5.79. The van der Waals surface area contributed by atoms with Gasteiger partial charge in [0, 0.05) is 19.8 Å². The highest BCUT2D eigenvalue weighted by atomic mass is 16.5. The van der Waals surface area contributed by atoms with Crippen LogP contribution >= 0.6 is 0 Å². The number of Topliss-reactive ketones (excluding diaryl/α,β-unsaturated/α-hetero) is 1. The molecule has 1 aromatic rings. The second-order valence-corrected chi connectivity index (χ2v) is 5.98.